The number of hydrogen-bond donors (Lipinski definition) is 3. The minimum atomic E-state index is -0.816. The van der Waals surface area contributed by atoms with Crippen molar-refractivity contribution in [1.82, 2.24) is 10.3 Å². The van der Waals surface area contributed by atoms with Gasteiger partial charge in [-0.15, -0.1) is 0 Å². The van der Waals surface area contributed by atoms with Crippen LogP contribution in [0.1, 0.15) is 36.8 Å². The van der Waals surface area contributed by atoms with Gasteiger partial charge in [0.1, 0.15) is 5.75 Å². The van der Waals surface area contributed by atoms with E-state index in [1.807, 2.05) is 48.7 Å². The monoisotopic (exact) mass is 398 g/mol. The first-order valence-corrected chi connectivity index (χ1v) is 10.3. The van der Waals surface area contributed by atoms with Gasteiger partial charge < -0.3 is 20.1 Å². The molecule has 1 fully saturated rings. The second kappa shape index (κ2) is 8.16. The lowest BCUT2D eigenvalue weighted by molar-refractivity contribution is -0.0538. The van der Waals surface area contributed by atoms with Crippen molar-refractivity contribution in [3.63, 3.8) is 0 Å². The Hall–Kier alpha value is -2.01. The van der Waals surface area contributed by atoms with Crippen molar-refractivity contribution in [3.8, 4) is 5.75 Å². The average molecular weight is 399 g/mol. The predicted molar refractivity (Wildman–Crippen MR) is 114 cm³/mol. The highest BCUT2D eigenvalue weighted by atomic mass is 35.5. The van der Waals surface area contributed by atoms with Gasteiger partial charge in [-0.1, -0.05) is 36.6 Å². The summed E-state index contributed by atoms with van der Waals surface area (Å²) < 4.78 is 5.37. The molecule has 1 aliphatic rings. The third kappa shape index (κ3) is 3.77. The zero-order valence-corrected chi connectivity index (χ0v) is 16.9. The number of hydrogen-bond acceptors (Lipinski definition) is 3. The topological polar surface area (TPSA) is 57.3 Å². The molecule has 1 aromatic heterocycles. The Morgan fingerprint density at radius 3 is 3.00 bits per heavy atom. The van der Waals surface area contributed by atoms with Crippen LogP contribution in [0.3, 0.4) is 0 Å². The van der Waals surface area contributed by atoms with Gasteiger partial charge in [0, 0.05) is 41.1 Å². The largest absolute Gasteiger partial charge is 0.497 e. The smallest absolute Gasteiger partial charge is 0.119 e. The molecule has 0 aliphatic heterocycles. The van der Waals surface area contributed by atoms with Gasteiger partial charge in [0.15, 0.2) is 0 Å². The van der Waals surface area contributed by atoms with Crippen LogP contribution in [0, 0.1) is 5.92 Å². The molecule has 0 spiro atoms. The van der Waals surface area contributed by atoms with Crippen molar-refractivity contribution in [2.45, 2.75) is 37.8 Å². The third-order valence-electron chi connectivity index (χ3n) is 6.04. The first-order chi connectivity index (χ1) is 13.6. The van der Waals surface area contributed by atoms with Crippen molar-refractivity contribution >= 4 is 22.5 Å². The molecule has 0 bridgehead atoms. The average Bonchev–Trinajstić information content (AvgIpc) is 3.11. The van der Waals surface area contributed by atoms with E-state index in [9.17, 15) is 5.11 Å². The zero-order valence-electron chi connectivity index (χ0n) is 16.2. The number of aromatic nitrogens is 1. The number of rotatable bonds is 6. The summed E-state index contributed by atoms with van der Waals surface area (Å²) in [5.74, 6) is 0.959. The van der Waals surface area contributed by atoms with Crippen LogP contribution in [0.25, 0.3) is 10.9 Å². The van der Waals surface area contributed by atoms with Crippen LogP contribution in [-0.2, 0) is 12.1 Å². The minimum Gasteiger partial charge on any atom is -0.497 e. The number of ether oxygens (including phenoxy) is 1. The van der Waals surface area contributed by atoms with E-state index >= 15 is 0 Å². The molecule has 3 N–H and O–H groups in total. The molecule has 4 rings (SSSR count). The van der Waals surface area contributed by atoms with Gasteiger partial charge in [-0.3, -0.25) is 0 Å². The zero-order chi connectivity index (χ0) is 19.6. The van der Waals surface area contributed by atoms with Crippen LogP contribution in [0.15, 0.2) is 48.7 Å². The van der Waals surface area contributed by atoms with Gasteiger partial charge >= 0.3 is 0 Å². The van der Waals surface area contributed by atoms with E-state index in [-0.39, 0.29) is 5.92 Å². The van der Waals surface area contributed by atoms with E-state index in [0.717, 1.165) is 66.0 Å². The first-order valence-electron chi connectivity index (χ1n) is 9.93. The maximum atomic E-state index is 11.6. The summed E-state index contributed by atoms with van der Waals surface area (Å²) in [6, 6.07) is 13.8. The fourth-order valence-corrected chi connectivity index (χ4v) is 4.62. The molecule has 2 aromatic carbocycles. The van der Waals surface area contributed by atoms with E-state index < -0.39 is 5.60 Å². The van der Waals surface area contributed by atoms with Crippen molar-refractivity contribution in [2.24, 2.45) is 5.92 Å². The highest BCUT2D eigenvalue weighted by Gasteiger charge is 2.40. The quantitative estimate of drug-likeness (QED) is 0.547. The fraction of sp³-hybridized carbons (Fsp3) is 0.391. The molecule has 5 heteroatoms. The normalized spacial score (nSPS) is 22.5. The number of H-pyrrole nitrogens is 1. The molecule has 3 aromatic rings. The summed E-state index contributed by atoms with van der Waals surface area (Å²) in [6.07, 6.45) is 6.03. The molecule has 0 radical (unpaired) electrons. The molecule has 2 unspecified atom stereocenters. The number of nitrogens with one attached hydrogen (secondary N) is 2. The van der Waals surface area contributed by atoms with Crippen molar-refractivity contribution < 1.29 is 9.84 Å². The summed E-state index contributed by atoms with van der Waals surface area (Å²) in [5, 5.41) is 17.0. The van der Waals surface area contributed by atoms with Gasteiger partial charge in [-0.2, -0.15) is 0 Å². The second-order valence-corrected chi connectivity index (χ2v) is 8.17. The maximum absolute atomic E-state index is 11.6. The molecule has 0 saturated heterocycles. The molecular weight excluding hydrogens is 372 g/mol. The summed E-state index contributed by atoms with van der Waals surface area (Å²) in [5.41, 5.74) is 2.42. The first kappa shape index (κ1) is 19.3. The number of aromatic amines is 1. The van der Waals surface area contributed by atoms with E-state index in [4.69, 9.17) is 16.3 Å². The molecule has 1 saturated carbocycles. The lowest BCUT2D eigenvalue weighted by Gasteiger charge is -2.41. The Morgan fingerprint density at radius 1 is 1.25 bits per heavy atom. The van der Waals surface area contributed by atoms with Gasteiger partial charge in [-0.05, 0) is 54.3 Å². The predicted octanol–water partition coefficient (Wildman–Crippen LogP) is 5.00. The lowest BCUT2D eigenvalue weighted by Crippen LogP contribution is -2.43. The Morgan fingerprint density at radius 2 is 2.14 bits per heavy atom. The van der Waals surface area contributed by atoms with Crippen molar-refractivity contribution in [1.29, 1.82) is 0 Å². The number of fused-ring (bicyclic) bond motifs is 1. The molecule has 148 valence electrons. The number of methoxy groups -OCH3 is 1. The highest BCUT2D eigenvalue weighted by molar-refractivity contribution is 6.31. The van der Waals surface area contributed by atoms with Gasteiger partial charge in [0.05, 0.1) is 12.7 Å². The lowest BCUT2D eigenvalue weighted by atomic mass is 9.71. The van der Waals surface area contributed by atoms with Crippen LogP contribution in [-0.4, -0.2) is 23.7 Å². The van der Waals surface area contributed by atoms with Gasteiger partial charge in [0.2, 0.25) is 0 Å². The van der Waals surface area contributed by atoms with Crippen molar-refractivity contribution in [3.05, 3.63) is 64.8 Å². The SMILES string of the molecule is COc1cccc(C2(O)CCCCC2CNCc2c[nH]c3ccc(Cl)cc23)c1. The van der Waals surface area contributed by atoms with E-state index in [0.29, 0.717) is 0 Å². The molecule has 1 aliphatic carbocycles. The molecule has 28 heavy (non-hydrogen) atoms. The number of benzene rings is 2. The Kier molecular flexibility index (Phi) is 5.63. The number of aliphatic hydroxyl groups is 1. The second-order valence-electron chi connectivity index (χ2n) is 7.73. The third-order valence-corrected chi connectivity index (χ3v) is 6.28. The van der Waals surface area contributed by atoms with Gasteiger partial charge in [-0.25, -0.2) is 0 Å². The summed E-state index contributed by atoms with van der Waals surface area (Å²) in [4.78, 5) is 3.30. The maximum Gasteiger partial charge on any atom is 0.119 e. The number of halogens is 1. The Labute approximate surface area is 170 Å². The summed E-state index contributed by atoms with van der Waals surface area (Å²) >= 11 is 6.16. The highest BCUT2D eigenvalue weighted by Crippen LogP contribution is 2.42. The van der Waals surface area contributed by atoms with Crippen LogP contribution < -0.4 is 10.1 Å². The molecule has 1 heterocycles. The molecule has 2 atom stereocenters. The standard InChI is InChI=1S/C23H27ClN2O2/c1-28-20-7-4-6-17(11-20)23(27)10-3-2-5-18(23)15-25-13-16-14-26-22-9-8-19(24)12-21(16)22/h4,6-9,11-12,14,18,25-27H,2-3,5,10,13,15H2,1H3. The van der Waals surface area contributed by atoms with Crippen LogP contribution in [0.5, 0.6) is 5.75 Å². The summed E-state index contributed by atoms with van der Waals surface area (Å²) in [6.45, 7) is 1.51. The van der Waals surface area contributed by atoms with Crippen LogP contribution >= 0.6 is 11.6 Å². The molecular formula is C23H27ClN2O2. The Bertz CT molecular complexity index is 955. The minimum absolute atomic E-state index is 0.169. The van der Waals surface area contributed by atoms with Crippen LogP contribution in [0.2, 0.25) is 5.02 Å². The van der Waals surface area contributed by atoms with E-state index in [1.54, 1.807) is 7.11 Å². The van der Waals surface area contributed by atoms with E-state index in [2.05, 4.69) is 10.3 Å². The molecule has 0 amide bonds. The fourth-order valence-electron chi connectivity index (χ4n) is 4.45. The van der Waals surface area contributed by atoms with Crippen LogP contribution in [0.4, 0.5) is 0 Å². The summed E-state index contributed by atoms with van der Waals surface area (Å²) in [7, 11) is 1.66. The van der Waals surface area contributed by atoms with E-state index in [1.165, 1.54) is 5.56 Å². The van der Waals surface area contributed by atoms with Gasteiger partial charge in [0.25, 0.3) is 0 Å². The van der Waals surface area contributed by atoms with Crippen molar-refractivity contribution in [2.75, 3.05) is 13.7 Å². The molecule has 4 nitrogen and oxygen atoms in total. The Balaban J connectivity index is 1.48.